The SMILES string of the molecule is Cc1cnc(-c2cccc3c2oc2c4ccccc4ccc32)cc1-c1c(C)cc(-c2nc(C(C)(C)C)nc(C(C)(C)C)n2)cc1C. The lowest BCUT2D eigenvalue weighted by Crippen LogP contribution is -2.24. The lowest BCUT2D eigenvalue weighted by atomic mass is 9.90. The van der Waals surface area contributed by atoms with Crippen molar-refractivity contribution in [3.05, 3.63) is 107 Å². The molecule has 0 radical (unpaired) electrons. The van der Waals surface area contributed by atoms with Crippen LogP contribution in [-0.4, -0.2) is 19.9 Å². The summed E-state index contributed by atoms with van der Waals surface area (Å²) in [7, 11) is 0. The third kappa shape index (κ3) is 5.04. The van der Waals surface area contributed by atoms with E-state index in [0.29, 0.717) is 0 Å². The summed E-state index contributed by atoms with van der Waals surface area (Å²) < 4.78 is 6.65. The van der Waals surface area contributed by atoms with Crippen LogP contribution in [0, 0.1) is 20.8 Å². The molecule has 0 saturated carbocycles. The van der Waals surface area contributed by atoms with Crippen molar-refractivity contribution in [1.82, 2.24) is 19.9 Å². The molecule has 5 heteroatoms. The molecule has 7 rings (SSSR count). The molecule has 0 aliphatic rings. The van der Waals surface area contributed by atoms with Crippen molar-refractivity contribution in [2.24, 2.45) is 0 Å². The maximum absolute atomic E-state index is 6.65. The zero-order valence-corrected chi connectivity index (χ0v) is 28.2. The highest BCUT2D eigenvalue weighted by molar-refractivity contribution is 6.17. The molecule has 4 aromatic carbocycles. The molecule has 0 atom stereocenters. The van der Waals surface area contributed by atoms with Gasteiger partial charge in [-0.15, -0.1) is 0 Å². The van der Waals surface area contributed by atoms with Crippen LogP contribution in [0.25, 0.3) is 66.5 Å². The van der Waals surface area contributed by atoms with Crippen molar-refractivity contribution >= 4 is 32.7 Å². The Morgan fingerprint density at radius 1 is 0.565 bits per heavy atom. The molecule has 230 valence electrons. The molecule has 0 bridgehead atoms. The highest BCUT2D eigenvalue weighted by Gasteiger charge is 2.26. The van der Waals surface area contributed by atoms with Crippen LogP contribution in [0.2, 0.25) is 0 Å². The fourth-order valence-corrected chi connectivity index (χ4v) is 6.36. The first kappa shape index (κ1) is 29.8. The number of hydrogen-bond acceptors (Lipinski definition) is 5. The molecule has 0 fully saturated rings. The molecule has 7 aromatic rings. The third-order valence-corrected chi connectivity index (χ3v) is 8.81. The number of aryl methyl sites for hydroxylation is 3. The number of aromatic nitrogens is 4. The van der Waals surface area contributed by atoms with Crippen molar-refractivity contribution < 1.29 is 4.42 Å². The number of hydrogen-bond donors (Lipinski definition) is 0. The fourth-order valence-electron chi connectivity index (χ4n) is 6.36. The highest BCUT2D eigenvalue weighted by atomic mass is 16.3. The Kier molecular flexibility index (Phi) is 6.86. The van der Waals surface area contributed by atoms with Crippen molar-refractivity contribution in [2.75, 3.05) is 0 Å². The standard InChI is InChI=1S/C41H40N4O/c1-23-19-27(37-43-38(40(4,5)6)45-39(44-37)41(7,8)9)20-24(2)34(23)32-21-33(42-22-25(32)3)31-16-12-15-29-30-18-17-26-13-10-11-14-28(26)35(30)46-36(29)31/h10-22H,1-9H3. The zero-order valence-electron chi connectivity index (χ0n) is 28.2. The van der Waals surface area contributed by atoms with E-state index in [1.54, 1.807) is 0 Å². The van der Waals surface area contributed by atoms with E-state index in [9.17, 15) is 0 Å². The first-order valence-corrected chi connectivity index (χ1v) is 16.0. The molecule has 0 N–H and O–H groups in total. The quantitative estimate of drug-likeness (QED) is 0.201. The van der Waals surface area contributed by atoms with E-state index in [-0.39, 0.29) is 10.8 Å². The topological polar surface area (TPSA) is 64.7 Å². The smallest absolute Gasteiger partial charge is 0.163 e. The summed E-state index contributed by atoms with van der Waals surface area (Å²) in [5.41, 5.74) is 10.1. The fraction of sp³-hybridized carbons (Fsp3) is 0.268. The average molecular weight is 605 g/mol. The molecule has 5 nitrogen and oxygen atoms in total. The van der Waals surface area contributed by atoms with Crippen molar-refractivity contribution in [3.8, 4) is 33.8 Å². The van der Waals surface area contributed by atoms with Crippen LogP contribution in [0.4, 0.5) is 0 Å². The summed E-state index contributed by atoms with van der Waals surface area (Å²) in [5, 5.41) is 4.50. The van der Waals surface area contributed by atoms with Crippen molar-refractivity contribution in [3.63, 3.8) is 0 Å². The van der Waals surface area contributed by atoms with Gasteiger partial charge in [-0.3, -0.25) is 4.98 Å². The second-order valence-electron chi connectivity index (χ2n) is 14.6. The Hall–Kier alpha value is -4.90. The Balaban J connectivity index is 1.36. The number of nitrogens with zero attached hydrogens (tertiary/aromatic N) is 4. The number of pyridine rings is 1. The lowest BCUT2D eigenvalue weighted by Gasteiger charge is -2.23. The highest BCUT2D eigenvalue weighted by Crippen LogP contribution is 2.40. The Bertz CT molecular complexity index is 2260. The van der Waals surface area contributed by atoms with Gasteiger partial charge in [0.1, 0.15) is 22.8 Å². The van der Waals surface area contributed by atoms with Gasteiger partial charge in [0.2, 0.25) is 0 Å². The van der Waals surface area contributed by atoms with Gasteiger partial charge in [-0.25, -0.2) is 15.0 Å². The Morgan fingerprint density at radius 3 is 1.87 bits per heavy atom. The van der Waals surface area contributed by atoms with E-state index in [1.165, 1.54) is 22.1 Å². The molecule has 0 unspecified atom stereocenters. The number of benzene rings is 4. The first-order chi connectivity index (χ1) is 21.8. The van der Waals surface area contributed by atoms with Gasteiger partial charge >= 0.3 is 0 Å². The van der Waals surface area contributed by atoms with E-state index in [2.05, 4.69) is 135 Å². The van der Waals surface area contributed by atoms with Crippen LogP contribution in [0.1, 0.15) is 69.9 Å². The van der Waals surface area contributed by atoms with Gasteiger partial charge in [0.25, 0.3) is 0 Å². The lowest BCUT2D eigenvalue weighted by molar-refractivity contribution is 0.497. The molecular weight excluding hydrogens is 564 g/mol. The van der Waals surface area contributed by atoms with Crippen LogP contribution in [0.5, 0.6) is 0 Å². The summed E-state index contributed by atoms with van der Waals surface area (Å²) in [5.74, 6) is 2.34. The molecule has 3 aromatic heterocycles. The van der Waals surface area contributed by atoms with E-state index < -0.39 is 0 Å². The Labute approximate surface area is 270 Å². The van der Waals surface area contributed by atoms with Gasteiger partial charge in [-0.1, -0.05) is 84.0 Å². The second-order valence-corrected chi connectivity index (χ2v) is 14.6. The van der Waals surface area contributed by atoms with Gasteiger partial charge in [0.05, 0.1) is 5.69 Å². The average Bonchev–Trinajstić information content (AvgIpc) is 3.40. The summed E-state index contributed by atoms with van der Waals surface area (Å²) in [6.45, 7) is 19.4. The molecule has 0 amide bonds. The Morgan fingerprint density at radius 2 is 1.20 bits per heavy atom. The number of fused-ring (bicyclic) bond motifs is 5. The van der Waals surface area contributed by atoms with Gasteiger partial charge in [-0.2, -0.15) is 0 Å². The minimum Gasteiger partial charge on any atom is -0.455 e. The summed E-state index contributed by atoms with van der Waals surface area (Å²) in [6.07, 6.45) is 1.98. The summed E-state index contributed by atoms with van der Waals surface area (Å²) in [4.78, 5) is 19.7. The monoisotopic (exact) mass is 604 g/mol. The second kappa shape index (κ2) is 10.6. The minimum atomic E-state index is -0.192. The summed E-state index contributed by atoms with van der Waals surface area (Å²) >= 11 is 0. The number of furan rings is 1. The summed E-state index contributed by atoms with van der Waals surface area (Å²) in [6, 6.07) is 25.7. The molecular formula is C41H40N4O. The van der Waals surface area contributed by atoms with Crippen LogP contribution in [0.15, 0.2) is 83.4 Å². The predicted molar refractivity (Wildman–Crippen MR) is 190 cm³/mol. The molecule has 3 heterocycles. The van der Waals surface area contributed by atoms with Crippen LogP contribution < -0.4 is 0 Å². The maximum atomic E-state index is 6.65. The normalized spacial score (nSPS) is 12.5. The van der Waals surface area contributed by atoms with Gasteiger partial charge < -0.3 is 4.42 Å². The molecule has 0 saturated heterocycles. The van der Waals surface area contributed by atoms with Gasteiger partial charge in [0, 0.05) is 44.3 Å². The molecule has 0 spiro atoms. The number of rotatable bonds is 3. The zero-order chi connectivity index (χ0) is 32.5. The van der Waals surface area contributed by atoms with Gasteiger partial charge in [-0.05, 0) is 84.3 Å². The predicted octanol–water partition coefficient (Wildman–Crippen LogP) is 10.8. The maximum Gasteiger partial charge on any atom is 0.163 e. The van der Waals surface area contributed by atoms with Crippen molar-refractivity contribution in [2.45, 2.75) is 73.1 Å². The van der Waals surface area contributed by atoms with Crippen LogP contribution >= 0.6 is 0 Å². The largest absolute Gasteiger partial charge is 0.455 e. The molecule has 0 aliphatic carbocycles. The molecule has 0 aliphatic heterocycles. The third-order valence-electron chi connectivity index (χ3n) is 8.81. The van der Waals surface area contributed by atoms with Crippen LogP contribution in [-0.2, 0) is 10.8 Å². The van der Waals surface area contributed by atoms with E-state index in [0.717, 1.165) is 72.7 Å². The van der Waals surface area contributed by atoms with E-state index in [4.69, 9.17) is 24.4 Å². The van der Waals surface area contributed by atoms with E-state index >= 15 is 0 Å². The first-order valence-electron chi connectivity index (χ1n) is 16.0. The van der Waals surface area contributed by atoms with Crippen molar-refractivity contribution in [1.29, 1.82) is 0 Å². The van der Waals surface area contributed by atoms with E-state index in [1.807, 2.05) is 6.20 Å². The minimum absolute atomic E-state index is 0.192. The number of para-hydroxylation sites is 1. The van der Waals surface area contributed by atoms with Crippen LogP contribution in [0.3, 0.4) is 0 Å². The molecule has 46 heavy (non-hydrogen) atoms. The van der Waals surface area contributed by atoms with Gasteiger partial charge in [0.15, 0.2) is 5.82 Å².